The Bertz CT molecular complexity index is 758. The van der Waals surface area contributed by atoms with Crippen molar-refractivity contribution in [1.29, 1.82) is 0 Å². The van der Waals surface area contributed by atoms with E-state index in [1.165, 1.54) is 11.1 Å². The Morgan fingerprint density at radius 2 is 1.85 bits per heavy atom. The first-order chi connectivity index (χ1) is 9.65. The van der Waals surface area contributed by atoms with Crippen molar-refractivity contribution in [3.05, 3.63) is 53.2 Å². The van der Waals surface area contributed by atoms with Crippen molar-refractivity contribution in [3.63, 3.8) is 0 Å². The van der Waals surface area contributed by atoms with Crippen LogP contribution in [0.3, 0.4) is 0 Å². The van der Waals surface area contributed by atoms with Gasteiger partial charge >= 0.3 is 0 Å². The molecule has 0 atom stereocenters. The number of nitrogens with zero attached hydrogens (tertiary/aromatic N) is 3. The minimum atomic E-state index is 0.534. The number of benzene rings is 1. The van der Waals surface area contributed by atoms with Gasteiger partial charge < -0.3 is 5.73 Å². The van der Waals surface area contributed by atoms with Crippen molar-refractivity contribution < 1.29 is 0 Å². The summed E-state index contributed by atoms with van der Waals surface area (Å²) in [4.78, 5) is 8.92. The molecule has 20 heavy (non-hydrogen) atoms. The molecule has 0 spiro atoms. The monoisotopic (exact) mass is 266 g/mol. The molecule has 0 fully saturated rings. The maximum atomic E-state index is 6.02. The van der Waals surface area contributed by atoms with Gasteiger partial charge in [-0.15, -0.1) is 0 Å². The summed E-state index contributed by atoms with van der Waals surface area (Å²) in [5.74, 6) is 0.534. The van der Waals surface area contributed by atoms with Crippen LogP contribution in [0.1, 0.15) is 16.8 Å². The summed E-state index contributed by atoms with van der Waals surface area (Å²) < 4.78 is 1.99. The minimum absolute atomic E-state index is 0.534. The number of aromatic nitrogens is 3. The van der Waals surface area contributed by atoms with Gasteiger partial charge in [0.1, 0.15) is 5.52 Å². The molecule has 0 saturated heterocycles. The molecule has 0 radical (unpaired) electrons. The van der Waals surface area contributed by atoms with Crippen LogP contribution >= 0.6 is 0 Å². The number of nitrogen functional groups attached to an aromatic ring is 1. The van der Waals surface area contributed by atoms with Crippen molar-refractivity contribution in [1.82, 2.24) is 14.5 Å². The average Bonchev–Trinajstić information content (AvgIpc) is 2.73. The fourth-order valence-electron chi connectivity index (χ4n) is 2.46. The predicted octanol–water partition coefficient (Wildman–Crippen LogP) is 2.87. The van der Waals surface area contributed by atoms with Crippen LogP contribution in [-0.4, -0.2) is 14.5 Å². The van der Waals surface area contributed by atoms with Crippen LogP contribution < -0.4 is 5.73 Å². The van der Waals surface area contributed by atoms with Gasteiger partial charge in [0.05, 0.1) is 0 Å². The molecule has 0 aliphatic carbocycles. The van der Waals surface area contributed by atoms with Gasteiger partial charge in [-0.05, 0) is 43.5 Å². The van der Waals surface area contributed by atoms with Gasteiger partial charge in [0, 0.05) is 12.2 Å². The van der Waals surface area contributed by atoms with E-state index in [0.717, 1.165) is 29.8 Å². The Morgan fingerprint density at radius 1 is 1.05 bits per heavy atom. The summed E-state index contributed by atoms with van der Waals surface area (Å²) in [5, 5.41) is 0. The van der Waals surface area contributed by atoms with Crippen LogP contribution in [-0.2, 0) is 13.0 Å². The summed E-state index contributed by atoms with van der Waals surface area (Å²) in [5.41, 5.74) is 11.4. The molecule has 2 aromatic heterocycles. The molecule has 0 amide bonds. The number of rotatable bonds is 3. The lowest BCUT2D eigenvalue weighted by Gasteiger charge is -2.08. The molecule has 0 unspecified atom stereocenters. The summed E-state index contributed by atoms with van der Waals surface area (Å²) >= 11 is 0. The summed E-state index contributed by atoms with van der Waals surface area (Å²) in [6.07, 6.45) is 0.929. The molecule has 2 heterocycles. The standard InChI is InChI=1S/C16H18N4/c1-11-5-3-4-6-13(11)9-10-20-15-14(19-16(20)17)8-7-12(2)18-15/h3-8H,9-10H2,1-2H3,(H2,17,19). The quantitative estimate of drug-likeness (QED) is 0.793. The van der Waals surface area contributed by atoms with Crippen LogP contribution in [0.2, 0.25) is 0 Å². The zero-order chi connectivity index (χ0) is 14.1. The molecule has 0 bridgehead atoms. The summed E-state index contributed by atoms with van der Waals surface area (Å²) in [6, 6.07) is 12.3. The first kappa shape index (κ1) is 12.7. The highest BCUT2D eigenvalue weighted by Crippen LogP contribution is 2.18. The van der Waals surface area contributed by atoms with Crippen molar-refractivity contribution in [2.75, 3.05) is 5.73 Å². The van der Waals surface area contributed by atoms with Crippen molar-refractivity contribution >= 4 is 17.1 Å². The molecule has 102 valence electrons. The van der Waals surface area contributed by atoms with E-state index in [4.69, 9.17) is 5.73 Å². The van der Waals surface area contributed by atoms with Gasteiger partial charge in [0.15, 0.2) is 5.65 Å². The van der Waals surface area contributed by atoms with E-state index in [-0.39, 0.29) is 0 Å². The van der Waals surface area contributed by atoms with Gasteiger partial charge in [-0.3, -0.25) is 4.57 Å². The van der Waals surface area contributed by atoms with Gasteiger partial charge in [-0.1, -0.05) is 24.3 Å². The third kappa shape index (κ3) is 2.25. The number of fused-ring (bicyclic) bond motifs is 1. The zero-order valence-corrected chi connectivity index (χ0v) is 11.8. The Kier molecular flexibility index (Phi) is 3.14. The van der Waals surface area contributed by atoms with E-state index in [9.17, 15) is 0 Å². The lowest BCUT2D eigenvalue weighted by molar-refractivity contribution is 0.716. The third-order valence-corrected chi connectivity index (χ3v) is 3.63. The van der Waals surface area contributed by atoms with Crippen LogP contribution in [0.4, 0.5) is 5.95 Å². The molecular formula is C16H18N4. The number of pyridine rings is 1. The number of anilines is 1. The second kappa shape index (κ2) is 4.96. The molecule has 2 N–H and O–H groups in total. The van der Waals surface area contributed by atoms with Crippen molar-refractivity contribution in [2.45, 2.75) is 26.8 Å². The fraction of sp³-hybridized carbons (Fsp3) is 0.250. The first-order valence-corrected chi connectivity index (χ1v) is 6.79. The first-order valence-electron chi connectivity index (χ1n) is 6.79. The summed E-state index contributed by atoms with van der Waals surface area (Å²) in [6.45, 7) is 4.91. The van der Waals surface area contributed by atoms with Gasteiger partial charge in [-0.25, -0.2) is 9.97 Å². The molecular weight excluding hydrogens is 248 g/mol. The second-order valence-corrected chi connectivity index (χ2v) is 5.09. The van der Waals surface area contributed by atoms with Gasteiger partial charge in [-0.2, -0.15) is 0 Å². The van der Waals surface area contributed by atoms with E-state index in [2.05, 4.69) is 41.2 Å². The lowest BCUT2D eigenvalue weighted by atomic mass is 10.1. The maximum Gasteiger partial charge on any atom is 0.202 e. The smallest absolute Gasteiger partial charge is 0.202 e. The largest absolute Gasteiger partial charge is 0.369 e. The Morgan fingerprint density at radius 3 is 2.65 bits per heavy atom. The Balaban J connectivity index is 1.93. The van der Waals surface area contributed by atoms with E-state index in [1.807, 2.05) is 23.6 Å². The number of hydrogen-bond acceptors (Lipinski definition) is 3. The normalized spacial score (nSPS) is 11.1. The van der Waals surface area contributed by atoms with Crippen LogP contribution in [0.5, 0.6) is 0 Å². The summed E-state index contributed by atoms with van der Waals surface area (Å²) in [7, 11) is 0. The number of nitrogens with two attached hydrogens (primary N) is 1. The molecule has 0 aliphatic heterocycles. The molecule has 0 aliphatic rings. The Hall–Kier alpha value is -2.36. The number of imidazole rings is 1. The molecule has 4 heteroatoms. The zero-order valence-electron chi connectivity index (χ0n) is 11.8. The van der Waals surface area contributed by atoms with Crippen molar-refractivity contribution in [2.24, 2.45) is 0 Å². The second-order valence-electron chi connectivity index (χ2n) is 5.09. The number of hydrogen-bond donors (Lipinski definition) is 1. The van der Waals surface area contributed by atoms with Gasteiger partial charge in [0.2, 0.25) is 5.95 Å². The van der Waals surface area contributed by atoms with Crippen LogP contribution in [0, 0.1) is 13.8 Å². The topological polar surface area (TPSA) is 56.7 Å². The van der Waals surface area contributed by atoms with Crippen LogP contribution in [0.25, 0.3) is 11.2 Å². The van der Waals surface area contributed by atoms with E-state index >= 15 is 0 Å². The van der Waals surface area contributed by atoms with Gasteiger partial charge in [0.25, 0.3) is 0 Å². The van der Waals surface area contributed by atoms with E-state index in [1.54, 1.807) is 0 Å². The molecule has 3 aromatic rings. The fourth-order valence-corrected chi connectivity index (χ4v) is 2.46. The highest BCUT2D eigenvalue weighted by Gasteiger charge is 2.09. The molecule has 0 saturated carbocycles. The van der Waals surface area contributed by atoms with E-state index in [0.29, 0.717) is 5.95 Å². The molecule has 3 rings (SSSR count). The lowest BCUT2D eigenvalue weighted by Crippen LogP contribution is -2.07. The SMILES string of the molecule is Cc1ccc2nc(N)n(CCc3ccccc3C)c2n1. The minimum Gasteiger partial charge on any atom is -0.369 e. The molecule has 4 nitrogen and oxygen atoms in total. The highest BCUT2D eigenvalue weighted by molar-refractivity contribution is 5.74. The van der Waals surface area contributed by atoms with Crippen molar-refractivity contribution in [3.8, 4) is 0 Å². The Labute approximate surface area is 118 Å². The third-order valence-electron chi connectivity index (χ3n) is 3.63. The maximum absolute atomic E-state index is 6.02. The number of aryl methyl sites for hydroxylation is 4. The van der Waals surface area contributed by atoms with E-state index < -0.39 is 0 Å². The van der Waals surface area contributed by atoms with Crippen LogP contribution in [0.15, 0.2) is 36.4 Å². The average molecular weight is 266 g/mol. The highest BCUT2D eigenvalue weighted by atomic mass is 15.2. The predicted molar refractivity (Wildman–Crippen MR) is 81.6 cm³/mol. The molecule has 1 aromatic carbocycles.